The van der Waals surface area contributed by atoms with Gasteiger partial charge in [-0.2, -0.15) is 13.5 Å². The maximum atomic E-state index is 12.9. The first-order valence-electron chi connectivity index (χ1n) is 10.1. The smallest absolute Gasteiger partial charge is 0.339 e. The molecule has 0 aliphatic carbocycles. The lowest BCUT2D eigenvalue weighted by atomic mass is 10.1. The molecule has 0 bridgehead atoms. The monoisotopic (exact) mass is 538 g/mol. The quantitative estimate of drug-likeness (QED) is 0.199. The lowest BCUT2D eigenvalue weighted by Gasteiger charge is -2.10. The van der Waals surface area contributed by atoms with Crippen LogP contribution in [0.2, 0.25) is 0 Å². The Morgan fingerprint density at radius 3 is 2.44 bits per heavy atom. The van der Waals surface area contributed by atoms with Crippen molar-refractivity contribution in [1.82, 2.24) is 5.43 Å². The van der Waals surface area contributed by atoms with Crippen molar-refractivity contribution < 1.29 is 22.1 Å². The highest BCUT2D eigenvalue weighted by atomic mass is 79.9. The highest BCUT2D eigenvalue weighted by Gasteiger charge is 2.19. The highest BCUT2D eigenvalue weighted by Crippen LogP contribution is 2.25. The minimum Gasteiger partial charge on any atom is -0.496 e. The predicted molar refractivity (Wildman–Crippen MR) is 134 cm³/mol. The van der Waals surface area contributed by atoms with Crippen LogP contribution in [0.4, 0.5) is 0 Å². The van der Waals surface area contributed by atoms with E-state index in [2.05, 4.69) is 26.5 Å². The molecule has 0 aromatic heterocycles. The van der Waals surface area contributed by atoms with E-state index in [1.165, 1.54) is 25.5 Å². The Morgan fingerprint density at radius 1 is 0.912 bits per heavy atom. The number of para-hydroxylation sites is 1. The van der Waals surface area contributed by atoms with Crippen LogP contribution in [0.25, 0.3) is 10.8 Å². The van der Waals surface area contributed by atoms with Gasteiger partial charge in [-0.3, -0.25) is 4.79 Å². The van der Waals surface area contributed by atoms with Crippen LogP contribution in [0.1, 0.15) is 15.9 Å². The van der Waals surface area contributed by atoms with Gasteiger partial charge in [0.2, 0.25) is 0 Å². The number of rotatable bonds is 7. The van der Waals surface area contributed by atoms with Crippen LogP contribution in [-0.4, -0.2) is 27.6 Å². The average Bonchev–Trinajstić information content (AvgIpc) is 2.84. The molecule has 0 radical (unpaired) electrons. The van der Waals surface area contributed by atoms with E-state index in [-0.39, 0.29) is 16.2 Å². The molecule has 1 amide bonds. The molecule has 7 nitrogen and oxygen atoms in total. The van der Waals surface area contributed by atoms with E-state index in [0.29, 0.717) is 15.8 Å². The van der Waals surface area contributed by atoms with Crippen molar-refractivity contribution >= 4 is 48.9 Å². The molecule has 0 saturated heterocycles. The van der Waals surface area contributed by atoms with Gasteiger partial charge in [0.1, 0.15) is 10.6 Å². The fraction of sp³-hybridized carbons (Fsp3) is 0.0400. The first-order valence-corrected chi connectivity index (χ1v) is 12.3. The van der Waals surface area contributed by atoms with E-state index in [4.69, 9.17) is 8.92 Å². The zero-order valence-corrected chi connectivity index (χ0v) is 20.3. The molecular weight excluding hydrogens is 520 g/mol. The van der Waals surface area contributed by atoms with E-state index in [1.54, 1.807) is 48.5 Å². The molecule has 4 rings (SSSR count). The van der Waals surface area contributed by atoms with Crippen LogP contribution < -0.4 is 14.3 Å². The highest BCUT2D eigenvalue weighted by molar-refractivity contribution is 9.10. The summed E-state index contributed by atoms with van der Waals surface area (Å²) in [6, 6.07) is 23.7. The van der Waals surface area contributed by atoms with Crippen LogP contribution in [0.5, 0.6) is 11.5 Å². The van der Waals surface area contributed by atoms with Crippen molar-refractivity contribution in [3.63, 3.8) is 0 Å². The Bertz CT molecular complexity index is 1500. The summed E-state index contributed by atoms with van der Waals surface area (Å²) < 4.78 is 37.1. The van der Waals surface area contributed by atoms with E-state index in [1.807, 2.05) is 24.3 Å². The van der Waals surface area contributed by atoms with Crippen molar-refractivity contribution in [2.24, 2.45) is 5.10 Å². The van der Waals surface area contributed by atoms with Crippen molar-refractivity contribution in [2.75, 3.05) is 7.11 Å². The molecule has 0 atom stereocenters. The standard InChI is InChI=1S/C25H19BrN2O5S/c1-32-24-13-11-20(26)15-22(24)25(29)28-27-16-19-8-4-5-9-23(19)33-34(30,31)21-12-10-17-6-2-3-7-18(17)14-21/h2-16H,1H3,(H,28,29)/b27-16-. The van der Waals surface area contributed by atoms with Gasteiger partial charge in [-0.05, 0) is 53.2 Å². The Labute approximate surface area is 205 Å². The van der Waals surface area contributed by atoms with Crippen LogP contribution in [0.3, 0.4) is 0 Å². The fourth-order valence-electron chi connectivity index (χ4n) is 3.23. The number of carbonyl (C=O) groups is 1. The fourth-order valence-corrected chi connectivity index (χ4v) is 4.58. The van der Waals surface area contributed by atoms with Crippen molar-refractivity contribution in [3.8, 4) is 11.5 Å². The summed E-state index contributed by atoms with van der Waals surface area (Å²) in [6.45, 7) is 0. The van der Waals surface area contributed by atoms with E-state index >= 15 is 0 Å². The Hall–Kier alpha value is -3.69. The number of hydrogen-bond acceptors (Lipinski definition) is 6. The lowest BCUT2D eigenvalue weighted by molar-refractivity contribution is 0.0952. The van der Waals surface area contributed by atoms with Gasteiger partial charge in [-0.25, -0.2) is 5.43 Å². The predicted octanol–water partition coefficient (Wildman–Crippen LogP) is 5.14. The second kappa shape index (κ2) is 10.1. The largest absolute Gasteiger partial charge is 0.496 e. The van der Waals surface area contributed by atoms with Gasteiger partial charge < -0.3 is 8.92 Å². The number of hydrogen-bond donors (Lipinski definition) is 1. The molecule has 0 aliphatic rings. The Kier molecular flexibility index (Phi) is 6.95. The second-order valence-corrected chi connectivity index (χ2v) is 9.59. The molecule has 4 aromatic rings. The number of amides is 1. The molecular formula is C25H19BrN2O5S. The number of ether oxygens (including phenoxy) is 1. The molecule has 4 aromatic carbocycles. The molecule has 0 aliphatic heterocycles. The van der Waals surface area contributed by atoms with E-state index in [9.17, 15) is 13.2 Å². The summed E-state index contributed by atoms with van der Waals surface area (Å²) >= 11 is 3.32. The summed E-state index contributed by atoms with van der Waals surface area (Å²) in [5, 5.41) is 5.66. The average molecular weight is 539 g/mol. The number of halogens is 1. The van der Waals surface area contributed by atoms with Crippen LogP contribution in [-0.2, 0) is 10.1 Å². The van der Waals surface area contributed by atoms with E-state index < -0.39 is 16.0 Å². The molecule has 0 heterocycles. The van der Waals surface area contributed by atoms with Crippen molar-refractivity contribution in [1.29, 1.82) is 0 Å². The van der Waals surface area contributed by atoms with Crippen LogP contribution in [0.15, 0.2) is 99.4 Å². The van der Waals surface area contributed by atoms with E-state index in [0.717, 1.165) is 10.8 Å². The third kappa shape index (κ3) is 5.27. The summed E-state index contributed by atoms with van der Waals surface area (Å²) in [4.78, 5) is 12.6. The third-order valence-corrected chi connectivity index (χ3v) is 6.63. The van der Waals surface area contributed by atoms with Gasteiger partial charge in [-0.15, -0.1) is 0 Å². The van der Waals surface area contributed by atoms with Gasteiger partial charge in [0.05, 0.1) is 18.9 Å². The summed E-state index contributed by atoms with van der Waals surface area (Å²) in [5.74, 6) is -0.0219. The van der Waals surface area contributed by atoms with Crippen LogP contribution >= 0.6 is 15.9 Å². The number of methoxy groups -OCH3 is 1. The SMILES string of the molecule is COc1ccc(Br)cc1C(=O)N/N=C\c1ccccc1OS(=O)(=O)c1ccc2ccccc2c1. The lowest BCUT2D eigenvalue weighted by Crippen LogP contribution is -2.18. The van der Waals surface area contributed by atoms with Gasteiger partial charge in [0, 0.05) is 10.0 Å². The van der Waals surface area contributed by atoms with Gasteiger partial charge in [0.15, 0.2) is 5.75 Å². The Balaban J connectivity index is 1.54. The summed E-state index contributed by atoms with van der Waals surface area (Å²) in [6.07, 6.45) is 1.31. The number of nitrogens with zero attached hydrogens (tertiary/aromatic N) is 1. The number of nitrogens with one attached hydrogen (secondary N) is 1. The third-order valence-electron chi connectivity index (χ3n) is 4.90. The van der Waals surface area contributed by atoms with Crippen molar-refractivity contribution in [2.45, 2.75) is 4.90 Å². The summed E-state index contributed by atoms with van der Waals surface area (Å²) in [7, 11) is -2.63. The molecule has 9 heteroatoms. The minimum absolute atomic E-state index is 0.0352. The number of benzene rings is 4. The molecule has 34 heavy (non-hydrogen) atoms. The number of fused-ring (bicyclic) bond motifs is 1. The normalized spacial score (nSPS) is 11.5. The summed E-state index contributed by atoms with van der Waals surface area (Å²) in [5.41, 5.74) is 3.07. The second-order valence-electron chi connectivity index (χ2n) is 7.13. The van der Waals surface area contributed by atoms with Crippen molar-refractivity contribution in [3.05, 3.63) is 101 Å². The Morgan fingerprint density at radius 2 is 1.65 bits per heavy atom. The maximum Gasteiger partial charge on any atom is 0.339 e. The van der Waals surface area contributed by atoms with Gasteiger partial charge in [-0.1, -0.05) is 58.4 Å². The van der Waals surface area contributed by atoms with Gasteiger partial charge >= 0.3 is 10.1 Å². The molecule has 0 saturated carbocycles. The number of carbonyl (C=O) groups excluding carboxylic acids is 1. The van der Waals surface area contributed by atoms with Crippen LogP contribution in [0, 0.1) is 0 Å². The maximum absolute atomic E-state index is 12.9. The molecule has 1 N–H and O–H groups in total. The molecule has 0 spiro atoms. The topological polar surface area (TPSA) is 94.1 Å². The first kappa shape index (κ1) is 23.5. The zero-order valence-electron chi connectivity index (χ0n) is 17.9. The first-order chi connectivity index (χ1) is 16.4. The molecule has 0 unspecified atom stereocenters. The number of hydrazone groups is 1. The molecule has 0 fully saturated rings. The zero-order chi connectivity index (χ0) is 24.1. The minimum atomic E-state index is -4.10. The molecule has 172 valence electrons. The van der Waals surface area contributed by atoms with Gasteiger partial charge in [0.25, 0.3) is 5.91 Å².